The van der Waals surface area contributed by atoms with Crippen molar-refractivity contribution < 1.29 is 34.1 Å². The fourth-order valence-corrected chi connectivity index (χ4v) is 0.769. The minimum Gasteiger partial charge on any atom is -0.479 e. The fourth-order valence-electron chi connectivity index (χ4n) is 0.769. The Labute approximate surface area is 93.4 Å². The van der Waals surface area contributed by atoms with Crippen molar-refractivity contribution in [3.8, 4) is 0 Å². The van der Waals surface area contributed by atoms with Crippen molar-refractivity contribution in [3.63, 3.8) is 0 Å². The topological polar surface area (TPSA) is 104 Å². The SMILES string of the molecule is C[N+](C)(C)CCOC(=O)[C@@H](O)[C@@H](O)C(=O)O. The summed E-state index contributed by atoms with van der Waals surface area (Å²) < 4.78 is 5.18. The Hall–Kier alpha value is -1.18. The molecule has 7 nitrogen and oxygen atoms in total. The molecule has 0 aliphatic carbocycles. The van der Waals surface area contributed by atoms with Gasteiger partial charge in [0.25, 0.3) is 0 Å². The zero-order valence-electron chi connectivity index (χ0n) is 9.58. The number of hydrogen-bond acceptors (Lipinski definition) is 5. The molecule has 0 heterocycles. The summed E-state index contributed by atoms with van der Waals surface area (Å²) in [7, 11) is 5.66. The second kappa shape index (κ2) is 5.78. The van der Waals surface area contributed by atoms with E-state index >= 15 is 0 Å². The third kappa shape index (κ3) is 5.64. The number of carboxylic acids is 1. The lowest BCUT2D eigenvalue weighted by molar-refractivity contribution is -0.870. The van der Waals surface area contributed by atoms with Crippen LogP contribution in [-0.2, 0) is 14.3 Å². The van der Waals surface area contributed by atoms with Crippen LogP contribution < -0.4 is 0 Å². The summed E-state index contributed by atoms with van der Waals surface area (Å²) >= 11 is 0. The number of carbonyl (C=O) groups is 2. The molecule has 3 N–H and O–H groups in total. The number of likely N-dealkylation sites (N-methyl/N-ethyl adjacent to an activating group) is 1. The molecule has 0 amide bonds. The van der Waals surface area contributed by atoms with Crippen LogP contribution in [0.3, 0.4) is 0 Å². The number of nitrogens with zero attached hydrogens (tertiary/aromatic N) is 1. The standard InChI is InChI=1S/C9H17NO6/c1-10(2,3)4-5-16-9(15)7(12)6(11)8(13)14/h6-7,11-12H,4-5H2,1-3H3/p+1/t6-,7+/m1/s1. The van der Waals surface area contributed by atoms with Crippen LogP contribution >= 0.6 is 0 Å². The van der Waals surface area contributed by atoms with Gasteiger partial charge in [0.05, 0.1) is 21.1 Å². The van der Waals surface area contributed by atoms with Crippen molar-refractivity contribution in [3.05, 3.63) is 0 Å². The van der Waals surface area contributed by atoms with Gasteiger partial charge in [-0.15, -0.1) is 0 Å². The molecule has 0 aromatic carbocycles. The third-order valence-electron chi connectivity index (χ3n) is 1.80. The number of carbonyl (C=O) groups excluding carboxylic acids is 1. The molecule has 0 aliphatic heterocycles. The van der Waals surface area contributed by atoms with E-state index < -0.39 is 24.1 Å². The summed E-state index contributed by atoms with van der Waals surface area (Å²) in [5, 5.41) is 26.3. The zero-order valence-corrected chi connectivity index (χ0v) is 9.58. The Bertz CT molecular complexity index is 259. The highest BCUT2D eigenvalue weighted by Crippen LogP contribution is 1.98. The first kappa shape index (κ1) is 14.8. The number of aliphatic carboxylic acids is 1. The molecule has 0 saturated heterocycles. The average Bonchev–Trinajstić information content (AvgIpc) is 2.13. The van der Waals surface area contributed by atoms with Crippen molar-refractivity contribution in [1.29, 1.82) is 0 Å². The summed E-state index contributed by atoms with van der Waals surface area (Å²) in [5.74, 6) is -2.81. The number of hydrogen-bond donors (Lipinski definition) is 3. The zero-order chi connectivity index (χ0) is 12.9. The van der Waals surface area contributed by atoms with E-state index in [1.165, 1.54) is 0 Å². The Morgan fingerprint density at radius 1 is 1.19 bits per heavy atom. The molecule has 94 valence electrons. The van der Waals surface area contributed by atoms with Crippen LogP contribution in [0.1, 0.15) is 0 Å². The Kier molecular flexibility index (Phi) is 5.36. The maximum atomic E-state index is 11.1. The third-order valence-corrected chi connectivity index (χ3v) is 1.80. The first-order chi connectivity index (χ1) is 7.15. The van der Waals surface area contributed by atoms with E-state index in [-0.39, 0.29) is 6.61 Å². The molecule has 0 unspecified atom stereocenters. The molecular formula is C9H18NO6+. The molecule has 0 rings (SSSR count). The van der Waals surface area contributed by atoms with E-state index in [0.29, 0.717) is 11.0 Å². The molecule has 0 aliphatic rings. The molecule has 0 fully saturated rings. The van der Waals surface area contributed by atoms with Gasteiger partial charge in [0, 0.05) is 0 Å². The van der Waals surface area contributed by atoms with Crippen LogP contribution in [0.15, 0.2) is 0 Å². The number of esters is 1. The van der Waals surface area contributed by atoms with E-state index in [1.54, 1.807) is 0 Å². The van der Waals surface area contributed by atoms with Gasteiger partial charge in [-0.25, -0.2) is 9.59 Å². The van der Waals surface area contributed by atoms with Crippen LogP contribution in [0.2, 0.25) is 0 Å². The normalized spacial score (nSPS) is 15.3. The van der Waals surface area contributed by atoms with E-state index in [2.05, 4.69) is 4.74 Å². The van der Waals surface area contributed by atoms with Gasteiger partial charge in [0.15, 0.2) is 12.2 Å². The molecule has 0 saturated carbocycles. The van der Waals surface area contributed by atoms with Gasteiger partial charge in [-0.1, -0.05) is 0 Å². The monoisotopic (exact) mass is 236 g/mol. The van der Waals surface area contributed by atoms with Gasteiger partial charge in [-0.3, -0.25) is 0 Å². The van der Waals surface area contributed by atoms with Gasteiger partial charge < -0.3 is 24.5 Å². The molecule has 0 bridgehead atoms. The van der Waals surface area contributed by atoms with Gasteiger partial charge in [-0.05, 0) is 0 Å². The smallest absolute Gasteiger partial charge is 0.338 e. The Morgan fingerprint density at radius 2 is 1.69 bits per heavy atom. The van der Waals surface area contributed by atoms with Crippen molar-refractivity contribution in [2.75, 3.05) is 34.3 Å². The van der Waals surface area contributed by atoms with Gasteiger partial charge in [0.2, 0.25) is 0 Å². The number of carboxylic acid groups (broad SMARTS) is 1. The predicted molar refractivity (Wildman–Crippen MR) is 53.5 cm³/mol. The molecule has 0 spiro atoms. The van der Waals surface area contributed by atoms with E-state index in [1.807, 2.05) is 21.1 Å². The lowest BCUT2D eigenvalue weighted by atomic mass is 10.2. The lowest BCUT2D eigenvalue weighted by Gasteiger charge is -2.23. The van der Waals surface area contributed by atoms with Gasteiger partial charge in [0.1, 0.15) is 13.2 Å². The summed E-state index contributed by atoms with van der Waals surface area (Å²) in [6.07, 6.45) is -4.21. The summed E-state index contributed by atoms with van der Waals surface area (Å²) in [6, 6.07) is 0. The summed E-state index contributed by atoms with van der Waals surface area (Å²) in [4.78, 5) is 21.3. The Morgan fingerprint density at radius 3 is 2.06 bits per heavy atom. The molecule has 0 aromatic rings. The van der Waals surface area contributed by atoms with Crippen LogP contribution in [0.4, 0.5) is 0 Å². The van der Waals surface area contributed by atoms with Crippen LogP contribution in [0.25, 0.3) is 0 Å². The molecule has 16 heavy (non-hydrogen) atoms. The van der Waals surface area contributed by atoms with E-state index in [9.17, 15) is 9.59 Å². The van der Waals surface area contributed by atoms with Gasteiger partial charge >= 0.3 is 11.9 Å². The second-order valence-electron chi connectivity index (χ2n) is 4.41. The quantitative estimate of drug-likeness (QED) is 0.365. The number of quaternary nitrogens is 1. The largest absolute Gasteiger partial charge is 0.479 e. The second-order valence-corrected chi connectivity index (χ2v) is 4.41. The molecule has 0 aromatic heterocycles. The lowest BCUT2D eigenvalue weighted by Crippen LogP contribution is -2.42. The number of aliphatic hydroxyl groups is 2. The van der Waals surface area contributed by atoms with Crippen molar-refractivity contribution in [2.45, 2.75) is 12.2 Å². The minimum absolute atomic E-state index is 0.0474. The minimum atomic E-state index is -2.16. The number of aliphatic hydroxyl groups excluding tert-OH is 2. The maximum absolute atomic E-state index is 11.1. The molecule has 0 radical (unpaired) electrons. The summed E-state index contributed by atoms with van der Waals surface area (Å²) in [6.45, 7) is 0.563. The highest BCUT2D eigenvalue weighted by molar-refractivity contribution is 5.84. The first-order valence-electron chi connectivity index (χ1n) is 4.71. The first-order valence-corrected chi connectivity index (χ1v) is 4.71. The van der Waals surface area contributed by atoms with Crippen LogP contribution in [-0.4, -0.2) is 78.2 Å². The molecule has 2 atom stereocenters. The highest BCUT2D eigenvalue weighted by Gasteiger charge is 2.31. The number of rotatable bonds is 6. The van der Waals surface area contributed by atoms with Crippen molar-refractivity contribution in [1.82, 2.24) is 0 Å². The Balaban J connectivity index is 4.03. The molecular weight excluding hydrogens is 218 g/mol. The van der Waals surface area contributed by atoms with Crippen LogP contribution in [0.5, 0.6) is 0 Å². The summed E-state index contributed by atoms with van der Waals surface area (Å²) in [5.41, 5.74) is 0. The van der Waals surface area contributed by atoms with Gasteiger partial charge in [-0.2, -0.15) is 0 Å². The predicted octanol–water partition coefficient (Wildman–Crippen LogP) is -1.96. The highest BCUT2D eigenvalue weighted by atomic mass is 16.6. The average molecular weight is 236 g/mol. The van der Waals surface area contributed by atoms with E-state index in [4.69, 9.17) is 15.3 Å². The van der Waals surface area contributed by atoms with E-state index in [0.717, 1.165) is 0 Å². The number of ether oxygens (including phenoxy) is 1. The molecule has 7 heteroatoms. The fraction of sp³-hybridized carbons (Fsp3) is 0.778. The van der Waals surface area contributed by atoms with Crippen molar-refractivity contribution in [2.24, 2.45) is 0 Å². The van der Waals surface area contributed by atoms with Crippen molar-refractivity contribution >= 4 is 11.9 Å². The maximum Gasteiger partial charge on any atom is 0.338 e. The van der Waals surface area contributed by atoms with Crippen LogP contribution in [0, 0.1) is 0 Å².